The van der Waals surface area contributed by atoms with Gasteiger partial charge in [0, 0.05) is 13.2 Å². The fourth-order valence-corrected chi connectivity index (χ4v) is 2.55. The Labute approximate surface area is 193 Å². The van der Waals surface area contributed by atoms with E-state index in [1.165, 1.54) is 90.1 Å². The van der Waals surface area contributed by atoms with E-state index in [1.807, 2.05) is 0 Å². The predicted molar refractivity (Wildman–Crippen MR) is 141 cm³/mol. The molecule has 0 spiro atoms. The number of ether oxygens (including phenoxy) is 1. The molecule has 3 aliphatic rings. The van der Waals surface area contributed by atoms with E-state index in [1.54, 1.807) is 0 Å². The van der Waals surface area contributed by atoms with Gasteiger partial charge in [0.15, 0.2) is 0 Å². The molecule has 0 amide bonds. The van der Waals surface area contributed by atoms with Crippen LogP contribution in [0.15, 0.2) is 0 Å². The molecular formula is C28H63NO. The minimum Gasteiger partial charge on any atom is -0.381 e. The van der Waals surface area contributed by atoms with E-state index in [0.717, 1.165) is 31.0 Å². The van der Waals surface area contributed by atoms with Crippen LogP contribution in [0.4, 0.5) is 0 Å². The van der Waals surface area contributed by atoms with E-state index in [2.05, 4.69) is 67.6 Å². The van der Waals surface area contributed by atoms with E-state index in [0.29, 0.717) is 0 Å². The highest BCUT2D eigenvalue weighted by molar-refractivity contribution is 4.55. The zero-order valence-electron chi connectivity index (χ0n) is 23.0. The predicted octanol–water partition coefficient (Wildman–Crippen LogP) is 9.27. The third kappa shape index (κ3) is 63.0. The molecule has 1 saturated carbocycles. The smallest absolute Gasteiger partial charge is 0.0466 e. The first-order valence-electron chi connectivity index (χ1n) is 13.5. The number of rotatable bonds is 0. The third-order valence-corrected chi connectivity index (χ3v) is 3.78. The standard InChI is InChI=1S/C6H12.C5H11N.C5H10O.3C4H10/c3*1-2-4-6-5-3-1;3*1-4(2)3/h1-6H2;6H,1-5H2;1-5H2;3*4H,1-3H3. The molecule has 1 aliphatic carbocycles. The fraction of sp³-hybridized carbons (Fsp3) is 1.00. The van der Waals surface area contributed by atoms with Gasteiger partial charge in [0.05, 0.1) is 0 Å². The molecule has 3 fully saturated rings. The fourth-order valence-electron chi connectivity index (χ4n) is 2.55. The van der Waals surface area contributed by atoms with Crippen LogP contribution in [0.2, 0.25) is 0 Å². The zero-order valence-corrected chi connectivity index (χ0v) is 23.0. The zero-order chi connectivity index (χ0) is 23.5. The molecule has 0 unspecified atom stereocenters. The largest absolute Gasteiger partial charge is 0.381 e. The van der Waals surface area contributed by atoms with Crippen LogP contribution in [0.25, 0.3) is 0 Å². The first-order valence-corrected chi connectivity index (χ1v) is 13.5. The molecular weight excluding hydrogens is 366 g/mol. The van der Waals surface area contributed by atoms with Crippen molar-refractivity contribution in [1.82, 2.24) is 5.32 Å². The van der Waals surface area contributed by atoms with Crippen LogP contribution < -0.4 is 5.32 Å². The summed E-state index contributed by atoms with van der Waals surface area (Å²) < 4.78 is 5.07. The van der Waals surface area contributed by atoms with Crippen molar-refractivity contribution in [3.8, 4) is 0 Å². The highest BCUT2D eigenvalue weighted by Crippen LogP contribution is 2.15. The lowest BCUT2D eigenvalue weighted by molar-refractivity contribution is 0.0968. The average molecular weight is 430 g/mol. The maximum absolute atomic E-state index is 5.07. The molecule has 0 bridgehead atoms. The second-order valence-electron chi connectivity index (χ2n) is 10.8. The Morgan fingerprint density at radius 3 is 0.733 bits per heavy atom. The van der Waals surface area contributed by atoms with Crippen molar-refractivity contribution in [2.24, 2.45) is 17.8 Å². The second-order valence-corrected chi connectivity index (χ2v) is 10.8. The van der Waals surface area contributed by atoms with Gasteiger partial charge in [-0.05, 0) is 62.9 Å². The van der Waals surface area contributed by atoms with Gasteiger partial charge in [0.1, 0.15) is 0 Å². The highest BCUT2D eigenvalue weighted by Gasteiger charge is 1.96. The van der Waals surface area contributed by atoms with Crippen molar-refractivity contribution in [3.63, 3.8) is 0 Å². The summed E-state index contributed by atoms with van der Waals surface area (Å²) in [6, 6.07) is 0. The molecule has 1 N–H and O–H groups in total. The summed E-state index contributed by atoms with van der Waals surface area (Å²) >= 11 is 0. The lowest BCUT2D eigenvalue weighted by Gasteiger charge is -2.08. The van der Waals surface area contributed by atoms with Gasteiger partial charge < -0.3 is 10.1 Å². The normalized spacial score (nSPS) is 18.0. The molecule has 0 aromatic heterocycles. The van der Waals surface area contributed by atoms with Crippen molar-refractivity contribution in [3.05, 3.63) is 0 Å². The van der Waals surface area contributed by atoms with Gasteiger partial charge in [-0.25, -0.2) is 0 Å². The van der Waals surface area contributed by atoms with Crippen molar-refractivity contribution in [1.29, 1.82) is 0 Å². The Morgan fingerprint density at radius 1 is 0.400 bits per heavy atom. The Balaban J connectivity index is -0.000000296. The van der Waals surface area contributed by atoms with Gasteiger partial charge in [0.2, 0.25) is 0 Å². The first kappa shape index (κ1) is 34.5. The van der Waals surface area contributed by atoms with Crippen LogP contribution in [0.3, 0.4) is 0 Å². The quantitative estimate of drug-likeness (QED) is 0.414. The average Bonchev–Trinajstić information content (AvgIpc) is 2.72. The first-order chi connectivity index (χ1) is 14.2. The van der Waals surface area contributed by atoms with Gasteiger partial charge in [-0.1, -0.05) is 107 Å². The Bertz CT molecular complexity index is 166. The summed E-state index contributed by atoms with van der Waals surface area (Å²) in [4.78, 5) is 0. The molecule has 0 aromatic rings. The van der Waals surface area contributed by atoms with Crippen LogP contribution >= 0.6 is 0 Å². The molecule has 3 rings (SSSR count). The minimum atomic E-state index is 0.833. The van der Waals surface area contributed by atoms with E-state index in [9.17, 15) is 0 Å². The molecule has 2 aliphatic heterocycles. The van der Waals surface area contributed by atoms with Gasteiger partial charge in [-0.2, -0.15) is 0 Å². The highest BCUT2D eigenvalue weighted by atomic mass is 16.5. The molecule has 0 radical (unpaired) electrons. The van der Waals surface area contributed by atoms with Crippen molar-refractivity contribution in [2.75, 3.05) is 26.3 Å². The molecule has 0 atom stereocenters. The van der Waals surface area contributed by atoms with E-state index >= 15 is 0 Å². The number of hydrogen-bond donors (Lipinski definition) is 1. The van der Waals surface area contributed by atoms with E-state index in [4.69, 9.17) is 4.74 Å². The summed E-state index contributed by atoms with van der Waals surface area (Å²) in [5.41, 5.74) is 0. The van der Waals surface area contributed by atoms with Crippen molar-refractivity contribution in [2.45, 2.75) is 139 Å². The van der Waals surface area contributed by atoms with Crippen LogP contribution in [0.5, 0.6) is 0 Å². The number of nitrogens with one attached hydrogen (secondary N) is 1. The van der Waals surface area contributed by atoms with Crippen LogP contribution in [0, 0.1) is 17.8 Å². The summed E-state index contributed by atoms with van der Waals surface area (Å²) in [5.74, 6) is 2.50. The third-order valence-electron chi connectivity index (χ3n) is 3.78. The maximum Gasteiger partial charge on any atom is 0.0466 e. The Kier molecular flexibility index (Phi) is 35.8. The lowest BCUT2D eigenvalue weighted by Crippen LogP contribution is -2.21. The van der Waals surface area contributed by atoms with Crippen LogP contribution in [-0.2, 0) is 4.74 Å². The number of piperidine rings is 1. The van der Waals surface area contributed by atoms with Gasteiger partial charge in [-0.3, -0.25) is 0 Å². The second kappa shape index (κ2) is 31.1. The topological polar surface area (TPSA) is 21.3 Å². The SMILES string of the molecule is C1CCCCC1.C1CCNCC1.C1CCOCC1.CC(C)C.CC(C)C.CC(C)C. The molecule has 0 aromatic carbocycles. The maximum atomic E-state index is 5.07. The summed E-state index contributed by atoms with van der Waals surface area (Å²) in [7, 11) is 0. The van der Waals surface area contributed by atoms with E-state index < -0.39 is 0 Å². The van der Waals surface area contributed by atoms with Crippen molar-refractivity contribution < 1.29 is 4.74 Å². The lowest BCUT2D eigenvalue weighted by atomic mass is 10.0. The molecule has 186 valence electrons. The van der Waals surface area contributed by atoms with Gasteiger partial charge >= 0.3 is 0 Å². The van der Waals surface area contributed by atoms with Crippen LogP contribution in [-0.4, -0.2) is 26.3 Å². The van der Waals surface area contributed by atoms with Crippen LogP contribution in [0.1, 0.15) is 139 Å². The molecule has 2 heterocycles. The monoisotopic (exact) mass is 429 g/mol. The molecule has 2 heteroatoms. The number of hydrogen-bond acceptors (Lipinski definition) is 2. The minimum absolute atomic E-state index is 0.833. The summed E-state index contributed by atoms with van der Waals surface area (Å²) in [6.07, 6.45) is 17.1. The molecule has 2 saturated heterocycles. The molecule has 30 heavy (non-hydrogen) atoms. The summed E-state index contributed by atoms with van der Waals surface area (Å²) in [6.45, 7) is 24.0. The van der Waals surface area contributed by atoms with Crippen molar-refractivity contribution >= 4 is 0 Å². The van der Waals surface area contributed by atoms with Gasteiger partial charge in [-0.15, -0.1) is 0 Å². The Hall–Kier alpha value is -0.0800. The Morgan fingerprint density at radius 2 is 0.633 bits per heavy atom. The molecule has 2 nitrogen and oxygen atoms in total. The van der Waals surface area contributed by atoms with E-state index in [-0.39, 0.29) is 0 Å². The summed E-state index contributed by atoms with van der Waals surface area (Å²) in [5, 5.41) is 3.28. The van der Waals surface area contributed by atoms with Gasteiger partial charge in [0.25, 0.3) is 0 Å².